The summed E-state index contributed by atoms with van der Waals surface area (Å²) in [6.45, 7) is 3.85. The molecule has 0 aromatic heterocycles. The van der Waals surface area contributed by atoms with Gasteiger partial charge in [-0.1, -0.05) is 42.3 Å². The number of nitrogens with one attached hydrogen (secondary N) is 1. The smallest absolute Gasteiger partial charge is 0.201 e. The largest absolute Gasteiger partial charge is 0.346 e. The van der Waals surface area contributed by atoms with Crippen molar-refractivity contribution in [2.24, 2.45) is 4.99 Å². The lowest BCUT2D eigenvalue weighted by Gasteiger charge is -2.34. The quantitative estimate of drug-likeness (QED) is 0.857. The number of anilines is 2. The third kappa shape index (κ3) is 3.44. The highest BCUT2D eigenvalue weighted by Gasteiger charge is 2.24. The average Bonchev–Trinajstić information content (AvgIpc) is 2.57. The number of rotatable bonds is 3. The van der Waals surface area contributed by atoms with Crippen LogP contribution in [0.1, 0.15) is 13.8 Å². The predicted molar refractivity (Wildman–Crippen MR) is 97.4 cm³/mol. The molecule has 0 saturated carbocycles. The number of para-hydroxylation sites is 2. The van der Waals surface area contributed by atoms with Crippen LogP contribution in [-0.2, 0) is 0 Å². The van der Waals surface area contributed by atoms with Crippen molar-refractivity contribution in [1.29, 1.82) is 0 Å². The fourth-order valence-corrected chi connectivity index (χ4v) is 2.56. The van der Waals surface area contributed by atoms with Crippen LogP contribution in [0.2, 0.25) is 0 Å². The molecule has 1 aliphatic heterocycles. The molecule has 0 bridgehead atoms. The van der Waals surface area contributed by atoms with Crippen molar-refractivity contribution in [2.75, 3.05) is 10.2 Å². The average molecular weight is 301 g/mol. The van der Waals surface area contributed by atoms with Crippen LogP contribution in [0.25, 0.3) is 0 Å². The molecule has 0 spiro atoms. The van der Waals surface area contributed by atoms with E-state index in [2.05, 4.69) is 34.2 Å². The number of allylic oxidation sites excluding steroid dienone is 2. The van der Waals surface area contributed by atoms with Crippen LogP contribution in [0.3, 0.4) is 0 Å². The van der Waals surface area contributed by atoms with E-state index in [1.165, 1.54) is 0 Å². The van der Waals surface area contributed by atoms with Crippen LogP contribution in [0.15, 0.2) is 77.4 Å². The minimum Gasteiger partial charge on any atom is -0.346 e. The molecule has 2 aromatic rings. The molecule has 0 radical (unpaired) electrons. The Morgan fingerprint density at radius 3 is 2.30 bits per heavy atom. The number of nitrogens with zero attached hydrogens (tertiary/aromatic N) is 2. The second kappa shape index (κ2) is 6.85. The summed E-state index contributed by atoms with van der Waals surface area (Å²) in [5.74, 6) is 6.19. The summed E-state index contributed by atoms with van der Waals surface area (Å²) in [5.41, 5.74) is 4.00. The van der Waals surface area contributed by atoms with Gasteiger partial charge >= 0.3 is 0 Å². The first-order chi connectivity index (χ1) is 11.3. The summed E-state index contributed by atoms with van der Waals surface area (Å²) < 4.78 is 0. The van der Waals surface area contributed by atoms with Gasteiger partial charge in [0.1, 0.15) is 0 Å². The van der Waals surface area contributed by atoms with E-state index < -0.39 is 0 Å². The molecular weight excluding hydrogens is 282 g/mol. The van der Waals surface area contributed by atoms with Gasteiger partial charge in [0.2, 0.25) is 6.29 Å². The first-order valence-electron chi connectivity index (χ1n) is 7.62. The van der Waals surface area contributed by atoms with Crippen LogP contribution in [-0.4, -0.2) is 12.0 Å². The van der Waals surface area contributed by atoms with Gasteiger partial charge < -0.3 is 5.32 Å². The normalized spacial score (nSPS) is 16.8. The van der Waals surface area contributed by atoms with E-state index in [1.54, 1.807) is 0 Å². The summed E-state index contributed by atoms with van der Waals surface area (Å²) in [6, 6.07) is 20.3. The van der Waals surface area contributed by atoms with Crippen molar-refractivity contribution < 1.29 is 0 Å². The molecule has 1 aliphatic rings. The van der Waals surface area contributed by atoms with Crippen LogP contribution < -0.4 is 10.2 Å². The van der Waals surface area contributed by atoms with Crippen LogP contribution >= 0.6 is 0 Å². The Labute approximate surface area is 137 Å². The fourth-order valence-electron chi connectivity index (χ4n) is 2.56. The Hall–Kier alpha value is -2.99. The molecule has 1 heterocycles. The maximum atomic E-state index is 4.76. The lowest BCUT2D eigenvalue weighted by Crippen LogP contribution is -2.41. The topological polar surface area (TPSA) is 27.6 Å². The van der Waals surface area contributed by atoms with Gasteiger partial charge in [0.05, 0.1) is 5.70 Å². The minimum atomic E-state index is -0.222. The van der Waals surface area contributed by atoms with Gasteiger partial charge in [-0.25, -0.2) is 4.99 Å². The molecular formula is C20H19N3. The third-order valence-corrected chi connectivity index (χ3v) is 3.53. The van der Waals surface area contributed by atoms with Gasteiger partial charge in [0, 0.05) is 17.1 Å². The molecule has 1 unspecified atom stereocenters. The summed E-state index contributed by atoms with van der Waals surface area (Å²) in [7, 11) is 0. The Morgan fingerprint density at radius 2 is 1.65 bits per heavy atom. The number of benzene rings is 2. The molecule has 114 valence electrons. The summed E-state index contributed by atoms with van der Waals surface area (Å²) in [5, 5.41) is 3.48. The fraction of sp³-hybridized carbons (Fsp3) is 0.150. The highest BCUT2D eigenvalue weighted by molar-refractivity contribution is 5.96. The predicted octanol–water partition coefficient (Wildman–Crippen LogP) is 4.27. The summed E-state index contributed by atoms with van der Waals surface area (Å²) in [4.78, 5) is 6.88. The summed E-state index contributed by atoms with van der Waals surface area (Å²) >= 11 is 0. The molecule has 3 rings (SSSR count). The first kappa shape index (κ1) is 14.9. The standard InChI is InChI=1S/C20H19N3/c1-3-10-19-15-16(2)21-20(22-17-11-6-4-7-12-17)23(19)18-13-8-5-9-14-18/h4-9,11-15,20,22H,1-2H3. The Kier molecular flexibility index (Phi) is 4.44. The van der Waals surface area contributed by atoms with E-state index in [4.69, 9.17) is 4.99 Å². The van der Waals surface area contributed by atoms with Crippen LogP contribution in [0.5, 0.6) is 0 Å². The van der Waals surface area contributed by atoms with Gasteiger partial charge in [-0.15, -0.1) is 0 Å². The van der Waals surface area contributed by atoms with E-state index in [0.29, 0.717) is 0 Å². The van der Waals surface area contributed by atoms with Gasteiger partial charge in [-0.3, -0.25) is 4.90 Å². The van der Waals surface area contributed by atoms with Crippen molar-refractivity contribution >= 4 is 17.1 Å². The number of aliphatic imine (C=N–C) groups is 1. The van der Waals surface area contributed by atoms with E-state index in [-0.39, 0.29) is 6.29 Å². The van der Waals surface area contributed by atoms with Gasteiger partial charge in [-0.05, 0) is 50.1 Å². The van der Waals surface area contributed by atoms with Gasteiger partial charge in [-0.2, -0.15) is 0 Å². The highest BCUT2D eigenvalue weighted by Crippen LogP contribution is 2.26. The van der Waals surface area contributed by atoms with E-state index >= 15 is 0 Å². The lowest BCUT2D eigenvalue weighted by molar-refractivity contribution is 0.741. The maximum Gasteiger partial charge on any atom is 0.201 e. The van der Waals surface area contributed by atoms with Gasteiger partial charge in [0.15, 0.2) is 0 Å². The third-order valence-electron chi connectivity index (χ3n) is 3.53. The second-order valence-corrected chi connectivity index (χ2v) is 5.26. The number of hydrogen-bond acceptors (Lipinski definition) is 3. The maximum absolute atomic E-state index is 4.76. The molecule has 3 nitrogen and oxygen atoms in total. The van der Waals surface area contributed by atoms with E-state index in [9.17, 15) is 0 Å². The van der Waals surface area contributed by atoms with Crippen molar-refractivity contribution in [3.63, 3.8) is 0 Å². The minimum absolute atomic E-state index is 0.222. The monoisotopic (exact) mass is 301 g/mol. The zero-order chi connectivity index (χ0) is 16.1. The first-order valence-corrected chi connectivity index (χ1v) is 7.62. The van der Waals surface area contributed by atoms with Crippen molar-refractivity contribution in [3.05, 3.63) is 72.4 Å². The molecule has 0 amide bonds. The van der Waals surface area contributed by atoms with Gasteiger partial charge in [0.25, 0.3) is 0 Å². The molecule has 3 heteroatoms. The van der Waals surface area contributed by atoms with Crippen molar-refractivity contribution in [2.45, 2.75) is 20.1 Å². The summed E-state index contributed by atoms with van der Waals surface area (Å²) in [6.07, 6.45) is 1.80. The molecule has 1 N–H and O–H groups in total. The van der Waals surface area contributed by atoms with E-state index in [1.807, 2.05) is 68.5 Å². The molecule has 0 fully saturated rings. The molecule has 0 saturated heterocycles. The highest BCUT2D eigenvalue weighted by atomic mass is 15.4. The molecule has 1 atom stereocenters. The lowest BCUT2D eigenvalue weighted by atomic mass is 10.2. The second-order valence-electron chi connectivity index (χ2n) is 5.26. The molecule has 0 aliphatic carbocycles. The van der Waals surface area contributed by atoms with Crippen LogP contribution in [0.4, 0.5) is 11.4 Å². The van der Waals surface area contributed by atoms with Crippen molar-refractivity contribution in [1.82, 2.24) is 0 Å². The SMILES string of the molecule is CC#CC1=CC(C)=NC(Nc2ccccc2)N1c1ccccc1. The Morgan fingerprint density at radius 1 is 1.00 bits per heavy atom. The number of hydrogen-bond donors (Lipinski definition) is 1. The zero-order valence-corrected chi connectivity index (χ0v) is 13.3. The Bertz CT molecular complexity index is 780. The van der Waals surface area contributed by atoms with Crippen LogP contribution in [0, 0.1) is 11.8 Å². The molecule has 23 heavy (non-hydrogen) atoms. The van der Waals surface area contributed by atoms with E-state index in [0.717, 1.165) is 22.8 Å². The zero-order valence-electron chi connectivity index (χ0n) is 13.3. The van der Waals surface area contributed by atoms with Crippen molar-refractivity contribution in [3.8, 4) is 11.8 Å². The molecule has 2 aromatic carbocycles. The Balaban J connectivity index is 2.00.